The normalized spacial score (nSPS) is 16.7. The molecule has 0 aliphatic heterocycles. The molecule has 0 aliphatic carbocycles. The molecule has 0 aromatic heterocycles. The van der Waals surface area contributed by atoms with Gasteiger partial charge in [-0.1, -0.05) is 20.8 Å². The number of ether oxygens (including phenoxy) is 2. The van der Waals surface area contributed by atoms with Crippen molar-refractivity contribution in [3.8, 4) is 0 Å². The van der Waals surface area contributed by atoms with Crippen LogP contribution in [-0.4, -0.2) is 42.9 Å². The largest absolute Gasteiger partial charge is 0.392 e. The Bertz CT molecular complexity index is 142. The van der Waals surface area contributed by atoms with E-state index in [1.165, 1.54) is 7.11 Å². The fourth-order valence-electron chi connectivity index (χ4n) is 0.947. The monoisotopic (exact) mass is 206 g/mol. The van der Waals surface area contributed by atoms with Gasteiger partial charge >= 0.3 is 0 Å². The Morgan fingerprint density at radius 3 is 2.21 bits per heavy atom. The van der Waals surface area contributed by atoms with Crippen LogP contribution in [0.1, 0.15) is 27.2 Å². The Hall–Kier alpha value is -0.160. The second kappa shape index (κ2) is 6.35. The Kier molecular flexibility index (Phi) is 6.27. The van der Waals surface area contributed by atoms with Crippen molar-refractivity contribution in [3.63, 3.8) is 0 Å². The Labute approximate surface area is 85.8 Å². The summed E-state index contributed by atoms with van der Waals surface area (Å²) in [6, 6.07) is 0. The highest BCUT2D eigenvalue weighted by Gasteiger charge is 2.24. The topological polar surface area (TPSA) is 58.9 Å². The van der Waals surface area contributed by atoms with Crippen LogP contribution in [0.2, 0.25) is 0 Å². The highest BCUT2D eigenvalue weighted by molar-refractivity contribution is 4.75. The summed E-state index contributed by atoms with van der Waals surface area (Å²) in [6.45, 7) is 6.16. The maximum absolute atomic E-state index is 9.67. The maximum atomic E-state index is 9.67. The first-order valence-corrected chi connectivity index (χ1v) is 4.80. The van der Waals surface area contributed by atoms with Crippen LogP contribution in [0.15, 0.2) is 0 Å². The summed E-state index contributed by atoms with van der Waals surface area (Å²) in [6.07, 6.45) is -0.837. The predicted octanol–water partition coefficient (Wildman–Crippen LogP) is 0.765. The SMILES string of the molecule is COCOC[C@@H](O)C[C@@H](O)C(C)(C)C. The van der Waals surface area contributed by atoms with E-state index in [0.717, 1.165) is 0 Å². The summed E-state index contributed by atoms with van der Waals surface area (Å²) >= 11 is 0. The maximum Gasteiger partial charge on any atom is 0.146 e. The first-order valence-electron chi connectivity index (χ1n) is 4.80. The van der Waals surface area contributed by atoms with E-state index in [0.29, 0.717) is 6.42 Å². The van der Waals surface area contributed by atoms with Crippen molar-refractivity contribution in [2.75, 3.05) is 20.5 Å². The van der Waals surface area contributed by atoms with E-state index in [1.807, 2.05) is 20.8 Å². The lowest BCUT2D eigenvalue weighted by Gasteiger charge is -2.27. The van der Waals surface area contributed by atoms with Gasteiger partial charge in [-0.15, -0.1) is 0 Å². The van der Waals surface area contributed by atoms with Crippen LogP contribution in [-0.2, 0) is 9.47 Å². The molecule has 86 valence electrons. The van der Waals surface area contributed by atoms with Crippen molar-refractivity contribution in [2.45, 2.75) is 39.4 Å². The molecule has 2 atom stereocenters. The van der Waals surface area contributed by atoms with E-state index in [-0.39, 0.29) is 18.8 Å². The molecule has 0 aromatic carbocycles. The van der Waals surface area contributed by atoms with Crippen LogP contribution in [0.4, 0.5) is 0 Å². The average molecular weight is 206 g/mol. The smallest absolute Gasteiger partial charge is 0.146 e. The molecule has 0 bridgehead atoms. The zero-order valence-corrected chi connectivity index (χ0v) is 9.49. The van der Waals surface area contributed by atoms with Crippen LogP contribution in [0.5, 0.6) is 0 Å². The molecule has 14 heavy (non-hydrogen) atoms. The van der Waals surface area contributed by atoms with Gasteiger partial charge in [-0.05, 0) is 5.41 Å². The van der Waals surface area contributed by atoms with Gasteiger partial charge in [0.1, 0.15) is 6.79 Å². The quantitative estimate of drug-likeness (QED) is 0.497. The minimum absolute atomic E-state index is 0.169. The third-order valence-electron chi connectivity index (χ3n) is 2.01. The van der Waals surface area contributed by atoms with Crippen LogP contribution < -0.4 is 0 Å². The van der Waals surface area contributed by atoms with Crippen LogP contribution in [0.3, 0.4) is 0 Å². The minimum Gasteiger partial charge on any atom is -0.392 e. The summed E-state index contributed by atoms with van der Waals surface area (Å²) in [7, 11) is 1.52. The second-order valence-electron chi connectivity index (χ2n) is 4.55. The lowest BCUT2D eigenvalue weighted by atomic mass is 9.86. The van der Waals surface area contributed by atoms with Gasteiger partial charge in [0, 0.05) is 13.5 Å². The van der Waals surface area contributed by atoms with Gasteiger partial charge in [-0.25, -0.2) is 0 Å². The van der Waals surface area contributed by atoms with Crippen molar-refractivity contribution >= 4 is 0 Å². The van der Waals surface area contributed by atoms with E-state index < -0.39 is 12.2 Å². The summed E-state index contributed by atoms with van der Waals surface area (Å²) < 4.78 is 9.64. The zero-order valence-electron chi connectivity index (χ0n) is 9.49. The van der Waals surface area contributed by atoms with E-state index in [9.17, 15) is 10.2 Å². The van der Waals surface area contributed by atoms with Gasteiger partial charge < -0.3 is 19.7 Å². The van der Waals surface area contributed by atoms with E-state index in [2.05, 4.69) is 4.74 Å². The average Bonchev–Trinajstić information content (AvgIpc) is 2.03. The van der Waals surface area contributed by atoms with Crippen molar-refractivity contribution in [2.24, 2.45) is 5.41 Å². The summed E-state index contributed by atoms with van der Waals surface area (Å²) in [5, 5.41) is 19.1. The molecule has 0 radical (unpaired) electrons. The van der Waals surface area contributed by atoms with Crippen molar-refractivity contribution < 1.29 is 19.7 Å². The molecule has 0 aliphatic rings. The molecule has 2 N–H and O–H groups in total. The number of hydrogen-bond donors (Lipinski definition) is 2. The number of hydrogen-bond acceptors (Lipinski definition) is 4. The first kappa shape index (κ1) is 13.8. The number of aliphatic hydroxyl groups is 2. The summed E-state index contributed by atoms with van der Waals surface area (Å²) in [4.78, 5) is 0. The fraction of sp³-hybridized carbons (Fsp3) is 1.00. The van der Waals surface area contributed by atoms with E-state index in [4.69, 9.17) is 4.74 Å². The molecular formula is C10H22O4. The Morgan fingerprint density at radius 2 is 1.79 bits per heavy atom. The minimum atomic E-state index is -0.639. The van der Waals surface area contributed by atoms with Gasteiger partial charge in [0.25, 0.3) is 0 Å². The van der Waals surface area contributed by atoms with Crippen molar-refractivity contribution in [1.82, 2.24) is 0 Å². The highest BCUT2D eigenvalue weighted by atomic mass is 16.7. The molecule has 0 unspecified atom stereocenters. The van der Waals surface area contributed by atoms with E-state index in [1.54, 1.807) is 0 Å². The van der Waals surface area contributed by atoms with Gasteiger partial charge in [0.15, 0.2) is 0 Å². The summed E-state index contributed by atoms with van der Waals surface area (Å²) in [5.41, 5.74) is -0.206. The van der Waals surface area contributed by atoms with Gasteiger partial charge in [0.05, 0.1) is 18.8 Å². The molecule has 4 nitrogen and oxygen atoms in total. The third kappa shape index (κ3) is 6.32. The third-order valence-corrected chi connectivity index (χ3v) is 2.01. The number of rotatable bonds is 6. The molecule has 0 aromatic rings. The molecule has 0 spiro atoms. The zero-order chi connectivity index (χ0) is 11.2. The molecule has 0 amide bonds. The van der Waals surface area contributed by atoms with Crippen LogP contribution in [0, 0.1) is 5.41 Å². The van der Waals surface area contributed by atoms with Crippen molar-refractivity contribution in [3.05, 3.63) is 0 Å². The molecule has 0 fully saturated rings. The van der Waals surface area contributed by atoms with Gasteiger partial charge in [-0.3, -0.25) is 0 Å². The number of methoxy groups -OCH3 is 1. The van der Waals surface area contributed by atoms with E-state index >= 15 is 0 Å². The molecule has 0 saturated heterocycles. The molecule has 4 heteroatoms. The molecule has 0 saturated carbocycles. The molecule has 0 heterocycles. The van der Waals surface area contributed by atoms with Crippen LogP contribution in [0.25, 0.3) is 0 Å². The Balaban J connectivity index is 3.66. The van der Waals surface area contributed by atoms with Gasteiger partial charge in [0.2, 0.25) is 0 Å². The standard InChI is InChI=1S/C10H22O4/c1-10(2,3)9(12)5-8(11)6-14-7-13-4/h8-9,11-12H,5-7H2,1-4H3/t8-,9+/m0/s1. The molecule has 0 rings (SSSR count). The first-order chi connectivity index (χ1) is 6.38. The van der Waals surface area contributed by atoms with Crippen LogP contribution >= 0.6 is 0 Å². The lowest BCUT2D eigenvalue weighted by Crippen LogP contribution is -2.32. The Morgan fingerprint density at radius 1 is 1.21 bits per heavy atom. The fourth-order valence-corrected chi connectivity index (χ4v) is 0.947. The van der Waals surface area contributed by atoms with Gasteiger partial charge in [-0.2, -0.15) is 0 Å². The highest BCUT2D eigenvalue weighted by Crippen LogP contribution is 2.22. The lowest BCUT2D eigenvalue weighted by molar-refractivity contribution is -0.0760. The van der Waals surface area contributed by atoms with Crippen molar-refractivity contribution in [1.29, 1.82) is 0 Å². The summed E-state index contributed by atoms with van der Waals surface area (Å²) in [5.74, 6) is 0. The second-order valence-corrected chi connectivity index (χ2v) is 4.55. The molecular weight excluding hydrogens is 184 g/mol. The number of aliphatic hydroxyl groups excluding tert-OH is 2. The predicted molar refractivity (Wildman–Crippen MR) is 53.9 cm³/mol.